The summed E-state index contributed by atoms with van der Waals surface area (Å²) < 4.78 is 30.5. The summed E-state index contributed by atoms with van der Waals surface area (Å²) in [5.74, 6) is -4.08. The van der Waals surface area contributed by atoms with Crippen LogP contribution in [0.15, 0.2) is 36.4 Å². The fourth-order valence-electron chi connectivity index (χ4n) is 4.63. The molecule has 8 heteroatoms. The van der Waals surface area contributed by atoms with E-state index in [1.807, 2.05) is 20.8 Å². The van der Waals surface area contributed by atoms with Crippen LogP contribution in [0, 0.1) is 28.4 Å². The number of aliphatic carboxylic acids is 1. The van der Waals surface area contributed by atoms with Crippen LogP contribution >= 0.6 is 23.2 Å². The third kappa shape index (κ3) is 4.10. The summed E-state index contributed by atoms with van der Waals surface area (Å²) in [5.41, 5.74) is -2.10. The lowest BCUT2D eigenvalue weighted by atomic mass is 9.62. The van der Waals surface area contributed by atoms with Gasteiger partial charge in [-0.15, -0.1) is 0 Å². The lowest BCUT2D eigenvalue weighted by Crippen LogP contribution is -2.45. The molecule has 4 nitrogen and oxygen atoms in total. The average molecular weight is 481 g/mol. The van der Waals surface area contributed by atoms with Gasteiger partial charge in [-0.25, -0.2) is 8.78 Å². The molecule has 1 aliphatic heterocycles. The monoisotopic (exact) mass is 480 g/mol. The van der Waals surface area contributed by atoms with Gasteiger partial charge in [-0.05, 0) is 35.6 Å². The molecule has 0 saturated carbocycles. The average Bonchev–Trinajstić information content (AvgIpc) is 3.04. The first-order chi connectivity index (χ1) is 15.0. The Balaban J connectivity index is 2.37. The van der Waals surface area contributed by atoms with Crippen molar-refractivity contribution in [1.82, 2.24) is 5.32 Å². The Kier molecular flexibility index (Phi) is 6.86. The summed E-state index contributed by atoms with van der Waals surface area (Å²) in [5, 5.41) is 23.5. The minimum Gasteiger partial charge on any atom is -0.480 e. The molecule has 1 aliphatic rings. The molecular weight excluding hydrogens is 457 g/mol. The molecule has 0 aromatic heterocycles. The van der Waals surface area contributed by atoms with Gasteiger partial charge in [0.05, 0.1) is 11.1 Å². The van der Waals surface area contributed by atoms with Crippen molar-refractivity contribution >= 4 is 29.2 Å². The van der Waals surface area contributed by atoms with Gasteiger partial charge in [0, 0.05) is 22.5 Å². The van der Waals surface area contributed by atoms with Gasteiger partial charge >= 0.3 is 5.97 Å². The third-order valence-corrected chi connectivity index (χ3v) is 7.14. The lowest BCUT2D eigenvalue weighted by molar-refractivity contribution is -0.139. The van der Waals surface area contributed by atoms with Crippen molar-refractivity contribution in [3.8, 4) is 6.07 Å². The summed E-state index contributed by atoms with van der Waals surface area (Å²) in [7, 11) is 0. The normalized spacial score (nSPS) is 25.5. The van der Waals surface area contributed by atoms with Crippen molar-refractivity contribution in [3.05, 3.63) is 69.2 Å². The Morgan fingerprint density at radius 2 is 1.97 bits per heavy atom. The van der Waals surface area contributed by atoms with Crippen molar-refractivity contribution in [3.63, 3.8) is 0 Å². The number of nitrogens with one attached hydrogen (secondary N) is 1. The van der Waals surface area contributed by atoms with E-state index in [4.69, 9.17) is 23.2 Å². The third-order valence-electron chi connectivity index (χ3n) is 6.61. The minimum atomic E-state index is -1.73. The highest BCUT2D eigenvalue weighted by molar-refractivity contribution is 6.31. The van der Waals surface area contributed by atoms with Crippen LogP contribution < -0.4 is 5.32 Å². The van der Waals surface area contributed by atoms with Crippen LogP contribution in [0.2, 0.25) is 10.0 Å². The topological polar surface area (TPSA) is 73.1 Å². The Bertz CT molecular complexity index is 1090. The fourth-order valence-corrected chi connectivity index (χ4v) is 4.97. The molecule has 4 unspecified atom stereocenters. The summed E-state index contributed by atoms with van der Waals surface area (Å²) in [6.07, 6.45) is 1.10. The molecule has 2 aromatic carbocycles. The second kappa shape index (κ2) is 8.97. The van der Waals surface area contributed by atoms with E-state index in [-0.39, 0.29) is 26.6 Å². The number of benzene rings is 2. The molecule has 0 aliphatic carbocycles. The van der Waals surface area contributed by atoms with Crippen LogP contribution in [-0.2, 0) is 10.2 Å². The van der Waals surface area contributed by atoms with E-state index in [2.05, 4.69) is 11.4 Å². The Hall–Kier alpha value is -2.20. The van der Waals surface area contributed by atoms with Gasteiger partial charge in [0.1, 0.15) is 23.1 Å². The molecule has 0 spiro atoms. The second-order valence-corrected chi connectivity index (χ2v) is 9.83. The van der Waals surface area contributed by atoms with Crippen LogP contribution in [0.25, 0.3) is 0 Å². The predicted octanol–water partition coefficient (Wildman–Crippen LogP) is 6.07. The number of hydrogen-bond donors (Lipinski definition) is 2. The highest BCUT2D eigenvalue weighted by Crippen LogP contribution is 2.53. The Morgan fingerprint density at radius 1 is 1.28 bits per heavy atom. The van der Waals surface area contributed by atoms with E-state index in [0.717, 1.165) is 12.5 Å². The summed E-state index contributed by atoms with van der Waals surface area (Å²) in [6.45, 7) is 5.95. The Labute approximate surface area is 196 Å². The summed E-state index contributed by atoms with van der Waals surface area (Å²) in [6, 6.07) is 8.24. The van der Waals surface area contributed by atoms with Gasteiger partial charge in [0.2, 0.25) is 0 Å². The molecule has 3 rings (SSSR count). The van der Waals surface area contributed by atoms with Gasteiger partial charge in [0.15, 0.2) is 0 Å². The summed E-state index contributed by atoms with van der Waals surface area (Å²) >= 11 is 11.9. The predicted molar refractivity (Wildman–Crippen MR) is 120 cm³/mol. The van der Waals surface area contributed by atoms with E-state index in [1.54, 1.807) is 0 Å². The van der Waals surface area contributed by atoms with Crippen LogP contribution in [0.1, 0.15) is 50.7 Å². The molecule has 4 atom stereocenters. The second-order valence-electron chi connectivity index (χ2n) is 8.98. The van der Waals surface area contributed by atoms with Gasteiger partial charge in [-0.2, -0.15) is 5.26 Å². The Morgan fingerprint density at radius 3 is 2.53 bits per heavy atom. The maximum Gasteiger partial charge on any atom is 0.321 e. The largest absolute Gasteiger partial charge is 0.480 e. The number of rotatable bonds is 6. The SMILES string of the molecule is CCC(C)(C)CC1NC(C(=O)O)C(c2cccc(Cl)c2F)C1(C#N)c1ccc(Cl)cc1F. The molecule has 0 radical (unpaired) electrons. The molecule has 1 fully saturated rings. The van der Waals surface area contributed by atoms with Crippen molar-refractivity contribution in [2.75, 3.05) is 0 Å². The molecule has 1 heterocycles. The zero-order chi connectivity index (χ0) is 23.8. The quantitative estimate of drug-likeness (QED) is 0.526. The van der Waals surface area contributed by atoms with E-state index in [0.29, 0.717) is 6.42 Å². The van der Waals surface area contributed by atoms with Gasteiger partial charge < -0.3 is 5.11 Å². The van der Waals surface area contributed by atoms with E-state index in [1.165, 1.54) is 30.3 Å². The smallest absolute Gasteiger partial charge is 0.321 e. The molecule has 2 N–H and O–H groups in total. The molecule has 0 amide bonds. The fraction of sp³-hybridized carbons (Fsp3) is 0.417. The summed E-state index contributed by atoms with van der Waals surface area (Å²) in [4.78, 5) is 12.3. The molecule has 0 bridgehead atoms. The molecule has 2 aromatic rings. The first-order valence-corrected chi connectivity index (χ1v) is 11.0. The van der Waals surface area contributed by atoms with Crippen LogP contribution in [0.3, 0.4) is 0 Å². The molecule has 1 saturated heterocycles. The molecule has 170 valence electrons. The number of hydrogen-bond acceptors (Lipinski definition) is 3. The van der Waals surface area contributed by atoms with Crippen LogP contribution in [0.5, 0.6) is 0 Å². The van der Waals surface area contributed by atoms with Gasteiger partial charge in [0.25, 0.3) is 0 Å². The van der Waals surface area contributed by atoms with E-state index in [9.17, 15) is 15.2 Å². The maximum atomic E-state index is 15.3. The maximum absolute atomic E-state index is 15.3. The number of carboxylic acid groups (broad SMARTS) is 1. The van der Waals surface area contributed by atoms with E-state index < -0.39 is 41.0 Å². The standard InChI is InChI=1S/C24H24Cl2F2N2O2/c1-4-23(2,3)11-18-24(12-29,15-9-8-13(25)10-17(15)27)19(21(30-18)22(31)32)14-6-5-7-16(26)20(14)28/h5-10,18-19,21,30H,4,11H2,1-3H3,(H,31,32). The highest BCUT2D eigenvalue weighted by atomic mass is 35.5. The minimum absolute atomic E-state index is 0.0260. The molecule has 32 heavy (non-hydrogen) atoms. The number of nitriles is 1. The number of carbonyl (C=O) groups is 1. The van der Waals surface area contributed by atoms with Crippen molar-refractivity contribution in [1.29, 1.82) is 5.26 Å². The number of halogens is 4. The zero-order valence-electron chi connectivity index (χ0n) is 17.9. The van der Waals surface area contributed by atoms with Crippen molar-refractivity contribution in [2.24, 2.45) is 5.41 Å². The zero-order valence-corrected chi connectivity index (χ0v) is 19.4. The van der Waals surface area contributed by atoms with E-state index >= 15 is 8.78 Å². The van der Waals surface area contributed by atoms with Gasteiger partial charge in [-0.3, -0.25) is 10.1 Å². The highest BCUT2D eigenvalue weighted by Gasteiger charge is 2.61. The number of carboxylic acids is 1. The van der Waals surface area contributed by atoms with Crippen molar-refractivity contribution in [2.45, 2.75) is 57.0 Å². The number of nitrogens with zero attached hydrogens (tertiary/aromatic N) is 1. The van der Waals surface area contributed by atoms with Crippen LogP contribution in [-0.4, -0.2) is 23.2 Å². The lowest BCUT2D eigenvalue weighted by Gasteiger charge is -2.38. The first kappa shape index (κ1) is 24.4. The molecular formula is C24H24Cl2F2N2O2. The van der Waals surface area contributed by atoms with Gasteiger partial charge in [-0.1, -0.05) is 68.6 Å². The van der Waals surface area contributed by atoms with Crippen LogP contribution in [0.4, 0.5) is 8.78 Å². The first-order valence-electron chi connectivity index (χ1n) is 10.3. The van der Waals surface area contributed by atoms with Crippen molar-refractivity contribution < 1.29 is 18.7 Å².